The van der Waals surface area contributed by atoms with Crippen LogP contribution in [-0.2, 0) is 28.8 Å². The Kier molecular flexibility index (Phi) is 16.1. The highest BCUT2D eigenvalue weighted by Crippen LogP contribution is 2.29. The summed E-state index contributed by atoms with van der Waals surface area (Å²) in [7, 11) is 0. The van der Waals surface area contributed by atoms with Gasteiger partial charge in [0.1, 0.15) is 23.8 Å². The summed E-state index contributed by atoms with van der Waals surface area (Å²) in [6.45, 7) is 10.4. The number of carboxylic acid groups (broad SMARTS) is 1. The van der Waals surface area contributed by atoms with E-state index < -0.39 is 59.5 Å². The van der Waals surface area contributed by atoms with Gasteiger partial charge in [-0.1, -0.05) is 39.2 Å². The van der Waals surface area contributed by atoms with Crippen molar-refractivity contribution in [2.45, 2.75) is 92.2 Å². The third kappa shape index (κ3) is 11.7. The Labute approximate surface area is 291 Å². The Hall–Kier alpha value is -5.21. The van der Waals surface area contributed by atoms with E-state index in [1.54, 1.807) is 34.6 Å². The van der Waals surface area contributed by atoms with E-state index in [-0.39, 0.29) is 36.1 Å². The predicted molar refractivity (Wildman–Crippen MR) is 181 cm³/mol. The topological polar surface area (TPSA) is 211 Å². The molecular weight excluding hydrogens is 652 g/mol. The molecule has 3 unspecified atom stereocenters. The quantitative estimate of drug-likeness (QED) is 0.0636. The summed E-state index contributed by atoms with van der Waals surface area (Å²) >= 11 is 0. The summed E-state index contributed by atoms with van der Waals surface area (Å²) in [4.78, 5) is 91.1. The first kappa shape index (κ1) is 41.0. The van der Waals surface area contributed by atoms with Crippen LogP contribution in [0.2, 0.25) is 0 Å². The molecule has 0 radical (unpaired) electrons. The van der Waals surface area contributed by atoms with Gasteiger partial charge in [-0.15, -0.1) is 0 Å². The van der Waals surface area contributed by atoms with Gasteiger partial charge in [-0.2, -0.15) is 5.06 Å². The molecule has 1 aromatic carbocycles. The van der Waals surface area contributed by atoms with Gasteiger partial charge in [0.25, 0.3) is 11.8 Å². The molecule has 50 heavy (non-hydrogen) atoms. The van der Waals surface area contributed by atoms with Crippen molar-refractivity contribution in [1.82, 2.24) is 21.0 Å². The molecule has 0 spiro atoms. The summed E-state index contributed by atoms with van der Waals surface area (Å²) in [6.07, 6.45) is 3.62. The molecule has 0 bridgehead atoms. The number of carbonyl (C=O) groups excluding carboxylic acids is 6. The molecule has 0 saturated carbocycles. The third-order valence-electron chi connectivity index (χ3n) is 7.66. The number of nitrogens with zero attached hydrogens (tertiary/aromatic N) is 1. The molecule has 1 aromatic heterocycles. The minimum atomic E-state index is -1.41. The summed E-state index contributed by atoms with van der Waals surface area (Å²) in [5.74, 6) is -4.19. The molecule has 15 heteroatoms. The molecule has 4 N–H and O–H groups in total. The largest absolute Gasteiger partial charge is 0.493 e. The molecule has 1 heterocycles. The van der Waals surface area contributed by atoms with Gasteiger partial charge >= 0.3 is 11.9 Å². The van der Waals surface area contributed by atoms with E-state index in [1.165, 1.54) is 30.3 Å². The van der Waals surface area contributed by atoms with Crippen molar-refractivity contribution in [2.24, 2.45) is 11.3 Å². The number of hydrogen-bond acceptors (Lipinski definition) is 10. The van der Waals surface area contributed by atoms with E-state index >= 15 is 0 Å². The standard InChI is InChI=1S/C35H48N4O11/c1-7-10-11-12-23(26(8-2)39(21-41)50-34(47)35(4,5)6)30(42)36-20-37-32(44)28-16-15-27(49-28)22-13-14-24(29(19-22)48-9-3)31(43)38-25(17-18-40)33(45)46/h13-16,18-19,21,23,25-26H,7-12,17,20H2,1-6H3,(H,36,42)(H,37,44)(H,38,43)(H,45,46). The van der Waals surface area contributed by atoms with Gasteiger partial charge in [0.15, 0.2) is 5.76 Å². The number of aliphatic carboxylic acids is 1. The maximum absolute atomic E-state index is 13.4. The lowest BCUT2D eigenvalue weighted by molar-refractivity contribution is -0.211. The second-order valence-electron chi connectivity index (χ2n) is 12.5. The number of nitrogens with one attached hydrogen (secondary N) is 3. The number of carbonyl (C=O) groups is 7. The van der Waals surface area contributed by atoms with Crippen molar-refractivity contribution >= 4 is 42.4 Å². The summed E-state index contributed by atoms with van der Waals surface area (Å²) in [6, 6.07) is 5.25. The first-order valence-electron chi connectivity index (χ1n) is 16.6. The van der Waals surface area contributed by atoms with Crippen LogP contribution >= 0.6 is 0 Å². The van der Waals surface area contributed by atoms with Gasteiger partial charge in [-0.3, -0.25) is 19.2 Å². The van der Waals surface area contributed by atoms with Crippen molar-refractivity contribution < 1.29 is 52.7 Å². The number of carboxylic acids is 1. The zero-order chi connectivity index (χ0) is 37.4. The molecule has 2 rings (SSSR count). The van der Waals surface area contributed by atoms with E-state index in [2.05, 4.69) is 16.0 Å². The van der Waals surface area contributed by atoms with E-state index in [1.807, 2.05) is 6.92 Å². The Balaban J connectivity index is 2.15. The van der Waals surface area contributed by atoms with Gasteiger partial charge in [-0.05, 0) is 64.8 Å². The minimum Gasteiger partial charge on any atom is -0.493 e. The van der Waals surface area contributed by atoms with Crippen molar-refractivity contribution in [3.05, 3.63) is 41.7 Å². The average Bonchev–Trinajstić information content (AvgIpc) is 3.57. The fourth-order valence-corrected chi connectivity index (χ4v) is 4.89. The Morgan fingerprint density at radius 2 is 1.70 bits per heavy atom. The maximum atomic E-state index is 13.4. The number of rotatable bonds is 21. The molecule has 0 fully saturated rings. The van der Waals surface area contributed by atoms with Gasteiger partial charge < -0.3 is 39.8 Å². The monoisotopic (exact) mass is 700 g/mol. The van der Waals surface area contributed by atoms with Crippen molar-refractivity contribution in [1.29, 1.82) is 0 Å². The lowest BCUT2D eigenvalue weighted by Crippen LogP contribution is -2.49. The average molecular weight is 701 g/mol. The Morgan fingerprint density at radius 3 is 2.28 bits per heavy atom. The number of ether oxygens (including phenoxy) is 1. The van der Waals surface area contributed by atoms with Crippen molar-refractivity contribution in [2.75, 3.05) is 13.3 Å². The van der Waals surface area contributed by atoms with Crippen molar-refractivity contribution in [3.8, 4) is 17.1 Å². The normalized spacial score (nSPS) is 12.8. The van der Waals surface area contributed by atoms with Crippen LogP contribution in [0.3, 0.4) is 0 Å². The molecule has 0 aliphatic rings. The summed E-state index contributed by atoms with van der Waals surface area (Å²) < 4.78 is 11.3. The maximum Gasteiger partial charge on any atom is 0.337 e. The highest BCUT2D eigenvalue weighted by Gasteiger charge is 2.35. The fourth-order valence-electron chi connectivity index (χ4n) is 4.89. The van der Waals surface area contributed by atoms with Gasteiger partial charge in [0.05, 0.1) is 36.2 Å². The SMILES string of the molecule is CCCCCC(C(=O)NCNC(=O)c1ccc(-c2ccc(C(=O)NC(CC=O)C(=O)O)c(OCC)c2)o1)C(CC)N(C=O)OC(=O)C(C)(C)C. The fraction of sp³-hybridized carbons (Fsp3) is 0.514. The van der Waals surface area contributed by atoms with Crippen LogP contribution < -0.4 is 20.7 Å². The van der Waals surface area contributed by atoms with E-state index in [4.69, 9.17) is 14.0 Å². The molecule has 15 nitrogen and oxygen atoms in total. The number of aldehydes is 1. The first-order chi connectivity index (χ1) is 23.7. The molecule has 274 valence electrons. The van der Waals surface area contributed by atoms with Crippen LogP contribution in [0.5, 0.6) is 5.75 Å². The lowest BCUT2D eigenvalue weighted by Gasteiger charge is -2.33. The van der Waals surface area contributed by atoms with E-state index in [0.717, 1.165) is 17.9 Å². The van der Waals surface area contributed by atoms with Crippen LogP contribution in [0.25, 0.3) is 11.3 Å². The summed E-state index contributed by atoms with van der Waals surface area (Å²) in [5.41, 5.74) is -0.380. The smallest absolute Gasteiger partial charge is 0.337 e. The van der Waals surface area contributed by atoms with Gasteiger partial charge in [0.2, 0.25) is 12.3 Å². The predicted octanol–water partition coefficient (Wildman–Crippen LogP) is 3.86. The number of hydrogen-bond donors (Lipinski definition) is 4. The zero-order valence-corrected chi connectivity index (χ0v) is 29.4. The molecule has 3 atom stereocenters. The molecule has 4 amide bonds. The number of hydroxylamine groups is 2. The highest BCUT2D eigenvalue weighted by atomic mass is 16.7. The summed E-state index contributed by atoms with van der Waals surface area (Å²) in [5, 5.41) is 17.7. The molecule has 0 aliphatic heterocycles. The van der Waals surface area contributed by atoms with Crippen molar-refractivity contribution in [3.63, 3.8) is 0 Å². The number of amides is 4. The highest BCUT2D eigenvalue weighted by molar-refractivity contribution is 6.00. The molecule has 0 saturated heterocycles. The van der Waals surface area contributed by atoms with Crippen LogP contribution in [0.4, 0.5) is 0 Å². The first-order valence-corrected chi connectivity index (χ1v) is 16.6. The second-order valence-corrected chi connectivity index (χ2v) is 12.5. The van der Waals surface area contributed by atoms with Gasteiger partial charge in [0, 0.05) is 12.0 Å². The van der Waals surface area contributed by atoms with E-state index in [0.29, 0.717) is 37.5 Å². The number of unbranched alkanes of at least 4 members (excludes halogenated alkanes) is 2. The minimum absolute atomic E-state index is 0.0370. The second kappa shape index (κ2) is 19.7. The van der Waals surface area contributed by atoms with Crippen LogP contribution in [0.15, 0.2) is 34.7 Å². The molecular formula is C35H48N4O11. The Bertz CT molecular complexity index is 1500. The number of benzene rings is 1. The Morgan fingerprint density at radius 1 is 0.980 bits per heavy atom. The van der Waals surface area contributed by atoms with E-state index in [9.17, 15) is 38.7 Å². The number of furan rings is 1. The molecule has 0 aliphatic carbocycles. The molecule has 2 aromatic rings. The van der Waals surface area contributed by atoms with Crippen LogP contribution in [0, 0.1) is 11.3 Å². The van der Waals surface area contributed by atoms with Crippen LogP contribution in [-0.4, -0.2) is 77.9 Å². The zero-order valence-electron chi connectivity index (χ0n) is 29.4. The van der Waals surface area contributed by atoms with Crippen LogP contribution in [0.1, 0.15) is 101 Å². The van der Waals surface area contributed by atoms with Gasteiger partial charge in [-0.25, -0.2) is 9.59 Å². The third-order valence-corrected chi connectivity index (χ3v) is 7.66. The lowest BCUT2D eigenvalue weighted by atomic mass is 9.90.